The molecule has 0 saturated carbocycles. The molecule has 1 atom stereocenters. The number of esters is 1. The Balaban J connectivity index is 1.80. The molecule has 0 fully saturated rings. The summed E-state index contributed by atoms with van der Waals surface area (Å²) in [5.41, 5.74) is 2.20. The van der Waals surface area contributed by atoms with E-state index in [0.717, 1.165) is 16.5 Å². The van der Waals surface area contributed by atoms with Crippen LogP contribution in [0.2, 0.25) is 5.02 Å². The molecule has 3 aromatic carbocycles. The number of halogens is 2. The molecule has 0 aliphatic carbocycles. The maximum atomic E-state index is 13.6. The van der Waals surface area contributed by atoms with E-state index in [9.17, 15) is 9.18 Å². The van der Waals surface area contributed by atoms with Crippen molar-refractivity contribution >= 4 is 28.5 Å². The van der Waals surface area contributed by atoms with E-state index in [1.807, 2.05) is 54.6 Å². The molecule has 0 bridgehead atoms. The standard InChI is InChI=1S/C24H19ClFNO3/c1-29-24(28)23(19-11-10-18(26)14-20(19)25)27-13-12-17-8-5-9-21(22(17)27)30-15-16-6-3-2-4-7-16/h2-14,23H,15H2,1H3. The third kappa shape index (κ3) is 3.89. The third-order valence-electron chi connectivity index (χ3n) is 4.90. The smallest absolute Gasteiger partial charge is 0.333 e. The first-order chi connectivity index (χ1) is 14.6. The largest absolute Gasteiger partial charge is 0.487 e. The van der Waals surface area contributed by atoms with Gasteiger partial charge in [-0.25, -0.2) is 9.18 Å². The second-order valence-electron chi connectivity index (χ2n) is 6.78. The topological polar surface area (TPSA) is 40.5 Å². The molecule has 1 unspecified atom stereocenters. The van der Waals surface area contributed by atoms with E-state index >= 15 is 0 Å². The monoisotopic (exact) mass is 423 g/mol. The SMILES string of the molecule is COC(=O)C(c1ccc(F)cc1Cl)n1ccc2cccc(OCc3ccccc3)c21. The van der Waals surface area contributed by atoms with Crippen LogP contribution in [0.4, 0.5) is 4.39 Å². The van der Waals surface area contributed by atoms with Crippen LogP contribution in [-0.4, -0.2) is 17.6 Å². The molecule has 1 aromatic heterocycles. The number of ether oxygens (including phenoxy) is 2. The first kappa shape index (κ1) is 20.0. The summed E-state index contributed by atoms with van der Waals surface area (Å²) in [5, 5.41) is 1.04. The summed E-state index contributed by atoms with van der Waals surface area (Å²) < 4.78 is 26.5. The Morgan fingerprint density at radius 3 is 2.60 bits per heavy atom. The van der Waals surface area contributed by atoms with Crippen molar-refractivity contribution in [3.63, 3.8) is 0 Å². The summed E-state index contributed by atoms with van der Waals surface area (Å²) >= 11 is 6.28. The highest BCUT2D eigenvalue weighted by Crippen LogP contribution is 2.35. The number of hydrogen-bond acceptors (Lipinski definition) is 3. The van der Waals surface area contributed by atoms with Crippen molar-refractivity contribution in [3.05, 3.63) is 101 Å². The summed E-state index contributed by atoms with van der Waals surface area (Å²) in [6, 6.07) is 20.4. The van der Waals surface area contributed by atoms with Gasteiger partial charge in [0.15, 0.2) is 6.04 Å². The Labute approximate surface area is 178 Å². The number of hydrogen-bond donors (Lipinski definition) is 0. The zero-order chi connectivity index (χ0) is 21.1. The van der Waals surface area contributed by atoms with Gasteiger partial charge in [-0.15, -0.1) is 0 Å². The van der Waals surface area contributed by atoms with Crippen molar-refractivity contribution in [2.75, 3.05) is 7.11 Å². The second kappa shape index (κ2) is 8.59. The lowest BCUT2D eigenvalue weighted by Crippen LogP contribution is -2.22. The van der Waals surface area contributed by atoms with Crippen LogP contribution < -0.4 is 4.74 Å². The molecule has 0 aliphatic heterocycles. The lowest BCUT2D eigenvalue weighted by Gasteiger charge is -2.21. The minimum atomic E-state index is -0.887. The lowest BCUT2D eigenvalue weighted by atomic mass is 10.1. The summed E-state index contributed by atoms with van der Waals surface area (Å²) in [6.45, 7) is 0.380. The number of fused-ring (bicyclic) bond motifs is 1. The minimum Gasteiger partial charge on any atom is -0.487 e. The van der Waals surface area contributed by atoms with E-state index < -0.39 is 17.8 Å². The van der Waals surface area contributed by atoms with Gasteiger partial charge in [0.1, 0.15) is 18.2 Å². The van der Waals surface area contributed by atoms with E-state index in [2.05, 4.69) is 0 Å². The number of carbonyl (C=O) groups is 1. The molecular weight excluding hydrogens is 405 g/mol. The van der Waals surface area contributed by atoms with Crippen LogP contribution in [0.15, 0.2) is 79.0 Å². The number of rotatable bonds is 6. The van der Waals surface area contributed by atoms with Gasteiger partial charge in [0.25, 0.3) is 0 Å². The van der Waals surface area contributed by atoms with Crippen molar-refractivity contribution in [2.45, 2.75) is 12.6 Å². The van der Waals surface area contributed by atoms with Crippen LogP contribution in [0.1, 0.15) is 17.2 Å². The maximum Gasteiger partial charge on any atom is 0.333 e. The van der Waals surface area contributed by atoms with Crippen molar-refractivity contribution in [1.29, 1.82) is 0 Å². The predicted molar refractivity (Wildman–Crippen MR) is 114 cm³/mol. The molecule has 0 N–H and O–H groups in total. The quantitative estimate of drug-likeness (QED) is 0.369. The molecule has 4 nitrogen and oxygen atoms in total. The van der Waals surface area contributed by atoms with Gasteiger partial charge in [-0.05, 0) is 29.8 Å². The molecule has 0 radical (unpaired) electrons. The number of methoxy groups -OCH3 is 1. The fourth-order valence-corrected chi connectivity index (χ4v) is 3.75. The molecule has 4 aromatic rings. The van der Waals surface area contributed by atoms with Crippen LogP contribution >= 0.6 is 11.6 Å². The van der Waals surface area contributed by atoms with Gasteiger partial charge in [0.05, 0.1) is 12.6 Å². The maximum absolute atomic E-state index is 13.6. The molecule has 0 spiro atoms. The van der Waals surface area contributed by atoms with Crippen LogP contribution in [0.5, 0.6) is 5.75 Å². The third-order valence-corrected chi connectivity index (χ3v) is 5.23. The van der Waals surface area contributed by atoms with Crippen molar-refractivity contribution in [3.8, 4) is 5.75 Å². The molecule has 152 valence electrons. The molecule has 0 amide bonds. The molecule has 0 saturated heterocycles. The van der Waals surface area contributed by atoms with Crippen LogP contribution in [0.3, 0.4) is 0 Å². The van der Waals surface area contributed by atoms with E-state index in [-0.39, 0.29) is 5.02 Å². The molecule has 1 heterocycles. The summed E-state index contributed by atoms with van der Waals surface area (Å²) in [7, 11) is 1.31. The number of nitrogens with zero attached hydrogens (tertiary/aromatic N) is 1. The number of carbonyl (C=O) groups excluding carboxylic acids is 1. The fourth-order valence-electron chi connectivity index (χ4n) is 3.48. The Bertz CT molecular complexity index is 1190. The van der Waals surface area contributed by atoms with E-state index in [1.165, 1.54) is 25.3 Å². The van der Waals surface area contributed by atoms with Crippen molar-refractivity contribution in [2.24, 2.45) is 0 Å². The highest BCUT2D eigenvalue weighted by molar-refractivity contribution is 6.31. The summed E-state index contributed by atoms with van der Waals surface area (Å²) in [6.07, 6.45) is 1.78. The second-order valence-corrected chi connectivity index (χ2v) is 7.19. The van der Waals surface area contributed by atoms with Crippen LogP contribution in [0, 0.1) is 5.82 Å². The van der Waals surface area contributed by atoms with Crippen molar-refractivity contribution in [1.82, 2.24) is 4.57 Å². The van der Waals surface area contributed by atoms with E-state index in [0.29, 0.717) is 17.9 Å². The zero-order valence-electron chi connectivity index (χ0n) is 16.2. The summed E-state index contributed by atoms with van der Waals surface area (Å²) in [5.74, 6) is -0.371. The van der Waals surface area contributed by atoms with Crippen LogP contribution in [-0.2, 0) is 16.1 Å². The van der Waals surface area contributed by atoms with Crippen molar-refractivity contribution < 1.29 is 18.7 Å². The van der Waals surface area contributed by atoms with E-state index in [4.69, 9.17) is 21.1 Å². The Hall–Kier alpha value is -3.31. The zero-order valence-corrected chi connectivity index (χ0v) is 17.0. The average molecular weight is 424 g/mol. The van der Waals surface area contributed by atoms with Gasteiger partial charge >= 0.3 is 5.97 Å². The average Bonchev–Trinajstić information content (AvgIpc) is 3.19. The first-order valence-corrected chi connectivity index (χ1v) is 9.75. The first-order valence-electron chi connectivity index (χ1n) is 9.37. The van der Waals surface area contributed by atoms with Gasteiger partial charge in [-0.3, -0.25) is 0 Å². The molecule has 4 rings (SSSR count). The molecule has 30 heavy (non-hydrogen) atoms. The Morgan fingerprint density at radius 2 is 1.87 bits per heavy atom. The summed E-state index contributed by atoms with van der Waals surface area (Å²) in [4.78, 5) is 12.7. The Kier molecular flexibility index (Phi) is 5.72. The predicted octanol–water partition coefficient (Wildman–Crippen LogP) is 5.78. The Morgan fingerprint density at radius 1 is 1.07 bits per heavy atom. The molecular formula is C24H19ClFNO3. The normalized spacial score (nSPS) is 12.0. The fraction of sp³-hybridized carbons (Fsp3) is 0.125. The number of para-hydroxylation sites is 1. The molecule has 0 aliphatic rings. The van der Waals surface area contributed by atoms with Crippen LogP contribution in [0.25, 0.3) is 10.9 Å². The van der Waals surface area contributed by atoms with Gasteiger partial charge < -0.3 is 14.0 Å². The highest BCUT2D eigenvalue weighted by atomic mass is 35.5. The number of aromatic nitrogens is 1. The number of benzene rings is 3. The molecule has 6 heteroatoms. The minimum absolute atomic E-state index is 0.148. The lowest BCUT2D eigenvalue weighted by molar-refractivity contribution is -0.143. The van der Waals surface area contributed by atoms with Gasteiger partial charge in [0.2, 0.25) is 0 Å². The van der Waals surface area contributed by atoms with E-state index in [1.54, 1.807) is 10.8 Å². The highest BCUT2D eigenvalue weighted by Gasteiger charge is 2.28. The van der Waals surface area contributed by atoms with Gasteiger partial charge in [-0.1, -0.05) is 60.1 Å². The van der Waals surface area contributed by atoms with Gasteiger partial charge in [-0.2, -0.15) is 0 Å². The van der Waals surface area contributed by atoms with Gasteiger partial charge in [0, 0.05) is 22.2 Å².